The average Bonchev–Trinajstić information content (AvgIpc) is 2.73. The molecule has 0 fully saturated rings. The van der Waals surface area contributed by atoms with Crippen molar-refractivity contribution in [3.8, 4) is 11.5 Å². The normalized spacial score (nSPS) is 19.6. The van der Waals surface area contributed by atoms with E-state index >= 15 is 0 Å². The van der Waals surface area contributed by atoms with Gasteiger partial charge in [-0.15, -0.1) is 0 Å². The Kier molecular flexibility index (Phi) is 4.52. The summed E-state index contributed by atoms with van der Waals surface area (Å²) in [5, 5.41) is 16.3. The molecule has 0 saturated carbocycles. The average molecular weight is 434 g/mol. The fraction of sp³-hybridized carbons (Fsp3) is 0.269. The van der Waals surface area contributed by atoms with Crippen LogP contribution in [0.4, 0.5) is 5.69 Å². The van der Waals surface area contributed by atoms with E-state index in [-0.39, 0.29) is 28.0 Å². The lowest BCUT2D eigenvalue weighted by Gasteiger charge is -2.40. The molecule has 3 aromatic carbocycles. The summed E-state index contributed by atoms with van der Waals surface area (Å²) >= 11 is 6.31. The van der Waals surface area contributed by atoms with Crippen LogP contribution in [0.15, 0.2) is 54.1 Å². The quantitative estimate of drug-likeness (QED) is 0.483. The third kappa shape index (κ3) is 3.17. The van der Waals surface area contributed by atoms with Gasteiger partial charge in [0.1, 0.15) is 0 Å². The van der Waals surface area contributed by atoms with Gasteiger partial charge in [-0.05, 0) is 40.5 Å². The van der Waals surface area contributed by atoms with Crippen molar-refractivity contribution in [1.29, 1.82) is 0 Å². The first-order valence-electron chi connectivity index (χ1n) is 10.4. The van der Waals surface area contributed by atoms with Gasteiger partial charge in [0.2, 0.25) is 0 Å². The number of benzene rings is 3. The van der Waals surface area contributed by atoms with Crippen molar-refractivity contribution in [3.05, 3.63) is 70.3 Å². The summed E-state index contributed by atoms with van der Waals surface area (Å²) in [4.78, 5) is 13.4. The van der Waals surface area contributed by atoms with Crippen LogP contribution >= 0.6 is 11.6 Å². The molecule has 1 atom stereocenters. The predicted molar refractivity (Wildman–Crippen MR) is 125 cm³/mol. The molecule has 1 unspecified atom stereocenters. The minimum absolute atomic E-state index is 0.0973. The molecule has 1 heterocycles. The minimum atomic E-state index is -0.371. The predicted octanol–water partition coefficient (Wildman–Crippen LogP) is 6.52. The number of nitrogens with one attached hydrogen (secondary N) is 1. The van der Waals surface area contributed by atoms with E-state index < -0.39 is 0 Å². The van der Waals surface area contributed by atoms with Crippen LogP contribution in [0.25, 0.3) is 16.3 Å². The van der Waals surface area contributed by atoms with E-state index in [9.17, 15) is 9.90 Å². The summed E-state index contributed by atoms with van der Waals surface area (Å²) in [5.74, 6) is 0.337. The Balaban J connectivity index is 1.79. The third-order valence-corrected chi connectivity index (χ3v) is 6.64. The molecule has 2 N–H and O–H groups in total. The molecule has 1 aliphatic heterocycles. The summed E-state index contributed by atoms with van der Waals surface area (Å²) < 4.78 is 5.33. The molecule has 0 amide bonds. The Morgan fingerprint density at radius 2 is 1.90 bits per heavy atom. The van der Waals surface area contributed by atoms with Gasteiger partial charge in [0.05, 0.1) is 23.9 Å². The first-order chi connectivity index (χ1) is 14.8. The summed E-state index contributed by atoms with van der Waals surface area (Å²) in [7, 11) is 1.49. The Morgan fingerprint density at radius 1 is 1.13 bits per heavy atom. The number of anilines is 1. The van der Waals surface area contributed by atoms with Gasteiger partial charge in [0, 0.05) is 22.9 Å². The number of hydrogen-bond acceptors (Lipinski definition) is 4. The molecule has 0 aromatic heterocycles. The zero-order valence-corrected chi connectivity index (χ0v) is 18.5. The van der Waals surface area contributed by atoms with Crippen molar-refractivity contribution in [1.82, 2.24) is 0 Å². The lowest BCUT2D eigenvalue weighted by atomic mass is 9.68. The van der Waals surface area contributed by atoms with Crippen molar-refractivity contribution in [3.63, 3.8) is 0 Å². The summed E-state index contributed by atoms with van der Waals surface area (Å²) in [5.41, 5.74) is 4.67. The molecule has 2 aliphatic rings. The van der Waals surface area contributed by atoms with E-state index in [0.717, 1.165) is 45.2 Å². The number of phenolic OH excluding ortho intramolecular Hbond substituents is 1. The number of ether oxygens (including phenoxy) is 1. The fourth-order valence-corrected chi connectivity index (χ4v) is 5.19. The zero-order chi connectivity index (χ0) is 21.9. The van der Waals surface area contributed by atoms with E-state index in [1.165, 1.54) is 7.11 Å². The SMILES string of the molecule is COc1cc(C2Nc3c(ccc4ccccc34)C3=C2C(=O)CC(C)(C)C3)cc(Cl)c1O. The number of carbonyl (C=O) groups is 1. The Labute approximate surface area is 186 Å². The molecule has 0 radical (unpaired) electrons. The molecule has 5 rings (SSSR count). The molecule has 31 heavy (non-hydrogen) atoms. The number of allylic oxidation sites excluding steroid dienone is 1. The van der Waals surface area contributed by atoms with Crippen LogP contribution in [0.5, 0.6) is 11.5 Å². The maximum absolute atomic E-state index is 13.4. The Morgan fingerprint density at radius 3 is 2.68 bits per heavy atom. The second-order valence-corrected chi connectivity index (χ2v) is 9.58. The monoisotopic (exact) mass is 433 g/mol. The van der Waals surface area contributed by atoms with Crippen molar-refractivity contribution >= 4 is 39.4 Å². The molecule has 5 heteroatoms. The number of ketones is 1. The van der Waals surface area contributed by atoms with Crippen LogP contribution < -0.4 is 10.1 Å². The van der Waals surface area contributed by atoms with Crippen LogP contribution in [-0.4, -0.2) is 18.0 Å². The minimum Gasteiger partial charge on any atom is -0.503 e. The van der Waals surface area contributed by atoms with Gasteiger partial charge in [-0.25, -0.2) is 0 Å². The lowest BCUT2D eigenvalue weighted by molar-refractivity contribution is -0.118. The second kappa shape index (κ2) is 7.03. The number of aromatic hydroxyl groups is 1. The molecule has 0 bridgehead atoms. The first-order valence-corrected chi connectivity index (χ1v) is 10.8. The van der Waals surface area contributed by atoms with E-state index in [2.05, 4.69) is 43.4 Å². The van der Waals surface area contributed by atoms with Crippen molar-refractivity contribution in [2.45, 2.75) is 32.7 Å². The number of methoxy groups -OCH3 is 1. The number of hydrogen-bond donors (Lipinski definition) is 2. The molecular formula is C26H24ClNO3. The second-order valence-electron chi connectivity index (χ2n) is 9.17. The Bertz CT molecular complexity index is 1280. The molecule has 0 saturated heterocycles. The van der Waals surface area contributed by atoms with Gasteiger partial charge in [-0.2, -0.15) is 0 Å². The van der Waals surface area contributed by atoms with E-state index in [1.807, 2.05) is 12.1 Å². The van der Waals surface area contributed by atoms with Crippen LogP contribution in [0.3, 0.4) is 0 Å². The maximum atomic E-state index is 13.4. The van der Waals surface area contributed by atoms with Crippen LogP contribution in [-0.2, 0) is 4.79 Å². The molecule has 1 aliphatic carbocycles. The molecule has 3 aromatic rings. The van der Waals surface area contributed by atoms with E-state index in [0.29, 0.717) is 12.2 Å². The highest BCUT2D eigenvalue weighted by Gasteiger charge is 2.40. The van der Waals surface area contributed by atoms with Gasteiger partial charge in [0.25, 0.3) is 0 Å². The number of phenols is 1. The summed E-state index contributed by atoms with van der Waals surface area (Å²) in [6.07, 6.45) is 1.32. The Hall–Kier alpha value is -2.98. The smallest absolute Gasteiger partial charge is 0.176 e. The molecular weight excluding hydrogens is 410 g/mol. The number of halogens is 1. The highest BCUT2D eigenvalue weighted by atomic mass is 35.5. The summed E-state index contributed by atoms with van der Waals surface area (Å²) in [6.45, 7) is 4.29. The lowest BCUT2D eigenvalue weighted by Crippen LogP contribution is -2.33. The van der Waals surface area contributed by atoms with Crippen molar-refractivity contribution in [2.75, 3.05) is 12.4 Å². The number of fused-ring (bicyclic) bond motifs is 4. The number of Topliss-reactive ketones (excluding diaryl/α,β-unsaturated/α-hetero) is 1. The molecule has 0 spiro atoms. The van der Waals surface area contributed by atoms with Gasteiger partial charge in [0.15, 0.2) is 17.3 Å². The van der Waals surface area contributed by atoms with Crippen molar-refractivity contribution < 1.29 is 14.6 Å². The van der Waals surface area contributed by atoms with Gasteiger partial charge in [-0.1, -0.05) is 61.8 Å². The van der Waals surface area contributed by atoms with Crippen molar-refractivity contribution in [2.24, 2.45) is 5.41 Å². The topological polar surface area (TPSA) is 58.6 Å². The zero-order valence-electron chi connectivity index (χ0n) is 17.8. The van der Waals surface area contributed by atoms with E-state index in [1.54, 1.807) is 12.1 Å². The molecule has 4 nitrogen and oxygen atoms in total. The van der Waals surface area contributed by atoms with Crippen LogP contribution in [0.1, 0.15) is 43.9 Å². The van der Waals surface area contributed by atoms with Crippen LogP contribution in [0.2, 0.25) is 5.02 Å². The number of carbonyl (C=O) groups excluding carboxylic acids is 1. The first kappa shape index (κ1) is 20.0. The van der Waals surface area contributed by atoms with E-state index in [4.69, 9.17) is 16.3 Å². The summed E-state index contributed by atoms with van der Waals surface area (Å²) in [6, 6.07) is 15.6. The van der Waals surface area contributed by atoms with Gasteiger partial charge < -0.3 is 15.2 Å². The standard InChI is InChI=1S/C26H24ClNO3/c1-26(2)12-18-17-9-8-14-6-4-5-7-16(14)24(17)28-23(22(18)20(29)13-26)15-10-19(27)25(30)21(11-15)31-3/h4-11,23,28,30H,12-13H2,1-3H3. The van der Waals surface area contributed by atoms with Gasteiger partial charge in [-0.3, -0.25) is 4.79 Å². The third-order valence-electron chi connectivity index (χ3n) is 6.36. The highest BCUT2D eigenvalue weighted by molar-refractivity contribution is 6.32. The van der Waals surface area contributed by atoms with Crippen LogP contribution in [0, 0.1) is 5.41 Å². The number of rotatable bonds is 2. The largest absolute Gasteiger partial charge is 0.503 e. The van der Waals surface area contributed by atoms with Gasteiger partial charge >= 0.3 is 0 Å². The maximum Gasteiger partial charge on any atom is 0.176 e. The molecule has 158 valence electrons. The fourth-order valence-electron chi connectivity index (χ4n) is 4.97. The highest BCUT2D eigenvalue weighted by Crippen LogP contribution is 2.52.